The summed E-state index contributed by atoms with van der Waals surface area (Å²) in [4.78, 5) is 41.6. The van der Waals surface area contributed by atoms with Gasteiger partial charge in [-0.3, -0.25) is 14.5 Å². The largest absolute Gasteiger partial charge is 0.444 e. The molecule has 1 aliphatic heterocycles. The van der Waals surface area contributed by atoms with Crippen molar-refractivity contribution in [2.45, 2.75) is 20.4 Å². The van der Waals surface area contributed by atoms with Gasteiger partial charge in [-0.05, 0) is 26.0 Å². The number of urea groups is 1. The summed E-state index contributed by atoms with van der Waals surface area (Å²) in [5, 5.41) is 0. The maximum absolute atomic E-state index is 12.0. The molecule has 0 bridgehead atoms. The van der Waals surface area contributed by atoms with Crippen molar-refractivity contribution in [2.24, 2.45) is 0 Å². The van der Waals surface area contributed by atoms with Gasteiger partial charge in [-0.15, -0.1) is 0 Å². The molecule has 7 heteroatoms. The van der Waals surface area contributed by atoms with Crippen LogP contribution in [0.4, 0.5) is 4.79 Å². The molecular weight excluding hydrogens is 298 g/mol. The molecule has 1 aromatic heterocycles. The van der Waals surface area contributed by atoms with E-state index in [4.69, 9.17) is 4.42 Å². The van der Waals surface area contributed by atoms with Crippen LogP contribution in [0.1, 0.15) is 18.2 Å². The minimum Gasteiger partial charge on any atom is -0.444 e. The fourth-order valence-electron chi connectivity index (χ4n) is 2.34. The van der Waals surface area contributed by atoms with Gasteiger partial charge in [-0.25, -0.2) is 14.7 Å². The van der Waals surface area contributed by atoms with Crippen LogP contribution in [-0.4, -0.2) is 39.2 Å². The second kappa shape index (κ2) is 5.68. The molecule has 23 heavy (non-hydrogen) atoms. The van der Waals surface area contributed by atoms with Gasteiger partial charge in [0.1, 0.15) is 6.26 Å². The maximum atomic E-state index is 12.0. The second-order valence-electron chi connectivity index (χ2n) is 5.23. The number of rotatable bonds is 4. The van der Waals surface area contributed by atoms with Crippen LogP contribution in [0, 0.1) is 6.92 Å². The summed E-state index contributed by atoms with van der Waals surface area (Å²) < 4.78 is 5.39. The summed E-state index contributed by atoms with van der Waals surface area (Å²) in [6, 6.07) is 7.00. The van der Waals surface area contributed by atoms with Gasteiger partial charge in [0, 0.05) is 12.1 Å². The molecule has 1 aliphatic rings. The SMILES string of the molecule is CCN1C(=O)C(=O)N(Cc2coc(-c3ccc(C)cc3)n2)C1=O. The highest BCUT2D eigenvalue weighted by Gasteiger charge is 2.43. The molecule has 0 radical (unpaired) electrons. The lowest BCUT2D eigenvalue weighted by molar-refractivity contribution is -0.143. The first-order valence-corrected chi connectivity index (χ1v) is 7.20. The first-order valence-electron chi connectivity index (χ1n) is 7.20. The van der Waals surface area contributed by atoms with Gasteiger partial charge in [-0.1, -0.05) is 17.7 Å². The molecule has 0 atom stereocenters. The number of hydrogen-bond acceptors (Lipinski definition) is 5. The minimum atomic E-state index is -0.836. The predicted molar refractivity (Wildman–Crippen MR) is 80.0 cm³/mol. The first kappa shape index (κ1) is 15.0. The summed E-state index contributed by atoms with van der Waals surface area (Å²) in [7, 11) is 0. The summed E-state index contributed by atoms with van der Waals surface area (Å²) in [5.74, 6) is -1.24. The highest BCUT2D eigenvalue weighted by molar-refractivity contribution is 6.44. The third-order valence-corrected chi connectivity index (χ3v) is 3.62. The number of benzene rings is 1. The zero-order valence-corrected chi connectivity index (χ0v) is 12.8. The Morgan fingerprint density at radius 3 is 2.30 bits per heavy atom. The van der Waals surface area contributed by atoms with E-state index in [2.05, 4.69) is 4.98 Å². The molecule has 4 amide bonds. The van der Waals surface area contributed by atoms with Crippen molar-refractivity contribution < 1.29 is 18.8 Å². The van der Waals surface area contributed by atoms with Crippen LogP contribution < -0.4 is 0 Å². The van der Waals surface area contributed by atoms with Crippen molar-refractivity contribution in [3.63, 3.8) is 0 Å². The number of aromatic nitrogens is 1. The van der Waals surface area contributed by atoms with Crippen LogP contribution >= 0.6 is 0 Å². The van der Waals surface area contributed by atoms with E-state index in [1.165, 1.54) is 6.26 Å². The van der Waals surface area contributed by atoms with Crippen LogP contribution in [0.15, 0.2) is 34.9 Å². The molecule has 118 valence electrons. The molecule has 0 aliphatic carbocycles. The second-order valence-corrected chi connectivity index (χ2v) is 5.23. The fourth-order valence-corrected chi connectivity index (χ4v) is 2.34. The normalized spacial score (nSPS) is 15.0. The van der Waals surface area contributed by atoms with E-state index in [0.717, 1.165) is 20.9 Å². The number of amides is 4. The quantitative estimate of drug-likeness (QED) is 0.636. The average Bonchev–Trinajstić information content (AvgIpc) is 3.08. The van der Waals surface area contributed by atoms with Gasteiger partial charge in [0.15, 0.2) is 0 Å². The predicted octanol–water partition coefficient (Wildman–Crippen LogP) is 1.96. The van der Waals surface area contributed by atoms with Crippen molar-refractivity contribution in [1.29, 1.82) is 0 Å². The van der Waals surface area contributed by atoms with Crippen LogP contribution in [0.5, 0.6) is 0 Å². The Labute approximate surface area is 132 Å². The van der Waals surface area contributed by atoms with Gasteiger partial charge in [0.05, 0.1) is 12.2 Å². The van der Waals surface area contributed by atoms with Crippen molar-refractivity contribution in [3.05, 3.63) is 41.8 Å². The van der Waals surface area contributed by atoms with Gasteiger partial charge >= 0.3 is 17.8 Å². The van der Waals surface area contributed by atoms with Crippen molar-refractivity contribution in [2.75, 3.05) is 6.54 Å². The Balaban J connectivity index is 1.79. The molecule has 0 unspecified atom stereocenters. The van der Waals surface area contributed by atoms with Crippen molar-refractivity contribution in [3.8, 4) is 11.5 Å². The zero-order valence-electron chi connectivity index (χ0n) is 12.8. The number of imide groups is 2. The number of oxazole rings is 1. The standard InChI is InChI=1S/C16H15N3O4/c1-3-18-14(20)15(21)19(16(18)22)8-12-9-23-13(17-12)11-6-4-10(2)5-7-11/h4-7,9H,3,8H2,1-2H3. The monoisotopic (exact) mass is 313 g/mol. The van der Waals surface area contributed by atoms with Crippen LogP contribution in [0.3, 0.4) is 0 Å². The Kier molecular flexibility index (Phi) is 3.69. The van der Waals surface area contributed by atoms with E-state index in [1.54, 1.807) is 6.92 Å². The third-order valence-electron chi connectivity index (χ3n) is 3.62. The van der Waals surface area contributed by atoms with Crippen molar-refractivity contribution >= 4 is 17.8 Å². The lowest BCUT2D eigenvalue weighted by Crippen LogP contribution is -2.32. The van der Waals surface area contributed by atoms with Gasteiger partial charge in [0.25, 0.3) is 0 Å². The fraction of sp³-hybridized carbons (Fsp3) is 0.250. The number of hydrogen-bond donors (Lipinski definition) is 0. The van der Waals surface area contributed by atoms with E-state index in [-0.39, 0.29) is 13.1 Å². The van der Waals surface area contributed by atoms with Crippen LogP contribution in [0.2, 0.25) is 0 Å². The van der Waals surface area contributed by atoms with E-state index in [0.29, 0.717) is 11.6 Å². The molecule has 2 aromatic rings. The van der Waals surface area contributed by atoms with E-state index in [1.807, 2.05) is 31.2 Å². The lowest BCUT2D eigenvalue weighted by atomic mass is 10.1. The molecule has 1 saturated heterocycles. The average molecular weight is 313 g/mol. The number of aryl methyl sites for hydroxylation is 1. The number of carbonyl (C=O) groups is 3. The Bertz CT molecular complexity index is 779. The zero-order chi connectivity index (χ0) is 16.6. The highest BCUT2D eigenvalue weighted by Crippen LogP contribution is 2.21. The number of carbonyl (C=O) groups excluding carboxylic acids is 3. The minimum absolute atomic E-state index is 0.0880. The molecule has 7 nitrogen and oxygen atoms in total. The first-order chi connectivity index (χ1) is 11.0. The molecule has 0 N–H and O–H groups in total. The Morgan fingerprint density at radius 2 is 1.70 bits per heavy atom. The van der Waals surface area contributed by atoms with Crippen molar-refractivity contribution in [1.82, 2.24) is 14.8 Å². The third kappa shape index (κ3) is 2.61. The molecule has 0 saturated carbocycles. The summed E-state index contributed by atoms with van der Waals surface area (Å²) in [6.45, 7) is 3.69. The lowest BCUT2D eigenvalue weighted by Gasteiger charge is -2.12. The topological polar surface area (TPSA) is 83.7 Å². The number of nitrogens with zero attached hydrogens (tertiary/aromatic N) is 3. The maximum Gasteiger partial charge on any atom is 0.334 e. The van der Waals surface area contributed by atoms with Crippen LogP contribution in [0.25, 0.3) is 11.5 Å². The Hall–Kier alpha value is -2.96. The number of likely N-dealkylation sites (N-methyl/N-ethyl adjacent to an activating group) is 1. The smallest absolute Gasteiger partial charge is 0.334 e. The summed E-state index contributed by atoms with van der Waals surface area (Å²) in [6.07, 6.45) is 1.38. The molecule has 0 spiro atoms. The summed E-state index contributed by atoms with van der Waals surface area (Å²) >= 11 is 0. The molecule has 1 aromatic carbocycles. The molecule has 1 fully saturated rings. The molecule has 3 rings (SSSR count). The molecule has 2 heterocycles. The molecular formula is C16H15N3O4. The van der Waals surface area contributed by atoms with Crippen LogP contribution in [-0.2, 0) is 16.1 Å². The Morgan fingerprint density at radius 1 is 1.04 bits per heavy atom. The van der Waals surface area contributed by atoms with E-state index >= 15 is 0 Å². The highest BCUT2D eigenvalue weighted by atomic mass is 16.3. The van der Waals surface area contributed by atoms with Gasteiger partial charge in [-0.2, -0.15) is 0 Å². The van der Waals surface area contributed by atoms with Gasteiger partial charge in [0.2, 0.25) is 5.89 Å². The van der Waals surface area contributed by atoms with E-state index in [9.17, 15) is 14.4 Å². The van der Waals surface area contributed by atoms with E-state index < -0.39 is 17.8 Å². The summed E-state index contributed by atoms with van der Waals surface area (Å²) in [5.41, 5.74) is 2.33. The van der Waals surface area contributed by atoms with Gasteiger partial charge < -0.3 is 4.42 Å².